The molecule has 1 amide bonds. The highest BCUT2D eigenvalue weighted by atomic mass is 19.1. The van der Waals surface area contributed by atoms with E-state index in [1.54, 1.807) is 18.2 Å². The summed E-state index contributed by atoms with van der Waals surface area (Å²) >= 11 is 0. The van der Waals surface area contributed by atoms with Crippen LogP contribution in [0.25, 0.3) is 6.08 Å². The Morgan fingerprint density at radius 1 is 1.11 bits per heavy atom. The second kappa shape index (κ2) is 9.33. The number of halogens is 2. The first-order valence-corrected chi connectivity index (χ1v) is 7.75. The molecule has 0 aliphatic carbocycles. The topological polar surface area (TPSA) is 73.9 Å². The van der Waals surface area contributed by atoms with Gasteiger partial charge in [-0.25, -0.2) is 13.6 Å². The summed E-state index contributed by atoms with van der Waals surface area (Å²) in [6, 6.07) is 7.82. The van der Waals surface area contributed by atoms with E-state index in [9.17, 15) is 18.4 Å². The van der Waals surface area contributed by atoms with Crippen molar-refractivity contribution in [2.75, 3.05) is 26.1 Å². The van der Waals surface area contributed by atoms with Crippen LogP contribution in [0.2, 0.25) is 0 Å². The molecule has 0 heterocycles. The number of esters is 1. The largest absolute Gasteiger partial charge is 0.493 e. The number of methoxy groups -OCH3 is 2. The van der Waals surface area contributed by atoms with E-state index >= 15 is 0 Å². The molecular formula is C19H17F2NO5. The first-order valence-electron chi connectivity index (χ1n) is 7.75. The van der Waals surface area contributed by atoms with Crippen molar-refractivity contribution in [1.82, 2.24) is 0 Å². The number of amides is 1. The van der Waals surface area contributed by atoms with Gasteiger partial charge in [-0.2, -0.15) is 0 Å². The van der Waals surface area contributed by atoms with E-state index in [2.05, 4.69) is 5.32 Å². The van der Waals surface area contributed by atoms with Crippen molar-refractivity contribution in [2.24, 2.45) is 0 Å². The molecule has 6 nitrogen and oxygen atoms in total. The van der Waals surface area contributed by atoms with Crippen LogP contribution >= 0.6 is 0 Å². The van der Waals surface area contributed by atoms with E-state index < -0.39 is 30.1 Å². The molecule has 8 heteroatoms. The third-order valence-electron chi connectivity index (χ3n) is 3.38. The lowest BCUT2D eigenvalue weighted by Crippen LogP contribution is -2.20. The maximum atomic E-state index is 13.5. The first kappa shape index (κ1) is 19.9. The summed E-state index contributed by atoms with van der Waals surface area (Å²) in [7, 11) is 2.95. The summed E-state index contributed by atoms with van der Waals surface area (Å²) in [5, 5.41) is 2.18. The highest BCUT2D eigenvalue weighted by Gasteiger charge is 2.11. The minimum Gasteiger partial charge on any atom is -0.493 e. The van der Waals surface area contributed by atoms with Gasteiger partial charge in [0.05, 0.1) is 19.9 Å². The number of nitrogens with one attached hydrogen (secondary N) is 1. The first-order chi connectivity index (χ1) is 12.9. The van der Waals surface area contributed by atoms with Gasteiger partial charge in [-0.1, -0.05) is 12.1 Å². The zero-order chi connectivity index (χ0) is 19.8. The standard InChI is InChI=1S/C19H17F2NO5/c1-25-16-5-3-4-12(19(16)26-2)6-9-18(24)27-11-17(23)22-15-8-7-13(20)10-14(15)21/h3-10H,11H2,1-2H3,(H,22,23)/b9-6+. The third-order valence-corrected chi connectivity index (χ3v) is 3.38. The predicted molar refractivity (Wildman–Crippen MR) is 94.5 cm³/mol. The molecule has 0 saturated carbocycles. The van der Waals surface area contributed by atoms with Crippen molar-refractivity contribution < 1.29 is 32.6 Å². The van der Waals surface area contributed by atoms with E-state index in [1.807, 2.05) is 0 Å². The van der Waals surface area contributed by atoms with E-state index in [-0.39, 0.29) is 5.69 Å². The molecule has 0 aromatic heterocycles. The van der Waals surface area contributed by atoms with Crippen molar-refractivity contribution in [2.45, 2.75) is 0 Å². The molecule has 0 spiro atoms. The molecule has 2 aromatic rings. The average molecular weight is 377 g/mol. The maximum Gasteiger partial charge on any atom is 0.331 e. The van der Waals surface area contributed by atoms with Gasteiger partial charge in [-0.05, 0) is 24.3 Å². The number of benzene rings is 2. The van der Waals surface area contributed by atoms with Crippen molar-refractivity contribution in [3.8, 4) is 11.5 Å². The number of rotatable bonds is 7. The Kier molecular flexibility index (Phi) is 6.87. The molecule has 142 valence electrons. The number of hydrogen-bond acceptors (Lipinski definition) is 5. The van der Waals surface area contributed by atoms with Crippen LogP contribution in [0.3, 0.4) is 0 Å². The minimum atomic E-state index is -0.931. The zero-order valence-corrected chi connectivity index (χ0v) is 14.6. The molecule has 2 aromatic carbocycles. The van der Waals surface area contributed by atoms with Gasteiger partial charge in [0.25, 0.3) is 5.91 Å². The van der Waals surface area contributed by atoms with E-state index in [0.717, 1.165) is 18.2 Å². The number of hydrogen-bond donors (Lipinski definition) is 1. The fourth-order valence-corrected chi connectivity index (χ4v) is 2.16. The van der Waals surface area contributed by atoms with Crippen LogP contribution in [-0.4, -0.2) is 32.7 Å². The lowest BCUT2D eigenvalue weighted by atomic mass is 10.1. The Hall–Kier alpha value is -3.42. The Labute approximate surface area is 154 Å². The van der Waals surface area contributed by atoms with Crippen LogP contribution in [0.5, 0.6) is 11.5 Å². The minimum absolute atomic E-state index is 0.214. The normalized spacial score (nSPS) is 10.5. The van der Waals surface area contributed by atoms with Gasteiger partial charge in [0.1, 0.15) is 11.6 Å². The van der Waals surface area contributed by atoms with E-state index in [4.69, 9.17) is 14.2 Å². The number of anilines is 1. The van der Waals surface area contributed by atoms with Crippen LogP contribution in [0.4, 0.5) is 14.5 Å². The molecule has 0 saturated heterocycles. The fourth-order valence-electron chi connectivity index (χ4n) is 2.16. The molecular weight excluding hydrogens is 360 g/mol. The molecule has 2 rings (SSSR count). The zero-order valence-electron chi connectivity index (χ0n) is 14.6. The van der Waals surface area contributed by atoms with Crippen LogP contribution in [0, 0.1) is 11.6 Å². The molecule has 0 bridgehead atoms. The van der Waals surface area contributed by atoms with Crippen LogP contribution in [0.1, 0.15) is 5.56 Å². The molecule has 0 unspecified atom stereocenters. The third kappa shape index (κ3) is 5.53. The molecule has 0 radical (unpaired) electrons. The van der Waals surface area contributed by atoms with Crippen molar-refractivity contribution in [3.63, 3.8) is 0 Å². The van der Waals surface area contributed by atoms with Crippen LogP contribution < -0.4 is 14.8 Å². The van der Waals surface area contributed by atoms with Gasteiger partial charge in [0.15, 0.2) is 18.1 Å². The molecule has 0 atom stereocenters. The SMILES string of the molecule is COc1cccc(/C=C/C(=O)OCC(=O)Nc2ccc(F)cc2F)c1OC. The number of carbonyl (C=O) groups excluding carboxylic acids is 2. The molecule has 0 aliphatic rings. The molecule has 0 aliphatic heterocycles. The summed E-state index contributed by atoms with van der Waals surface area (Å²) in [6.45, 7) is -0.630. The van der Waals surface area contributed by atoms with Crippen molar-refractivity contribution in [1.29, 1.82) is 0 Å². The van der Waals surface area contributed by atoms with Crippen LogP contribution in [0.15, 0.2) is 42.5 Å². The number of carbonyl (C=O) groups is 2. The van der Waals surface area contributed by atoms with Gasteiger partial charge in [-0.15, -0.1) is 0 Å². The summed E-state index contributed by atoms with van der Waals surface area (Å²) in [6.07, 6.45) is 2.56. The second-order valence-electron chi connectivity index (χ2n) is 5.20. The summed E-state index contributed by atoms with van der Waals surface area (Å²) in [5.74, 6) is -2.31. The summed E-state index contributed by atoms with van der Waals surface area (Å²) in [4.78, 5) is 23.5. The molecule has 27 heavy (non-hydrogen) atoms. The van der Waals surface area contributed by atoms with Gasteiger partial charge < -0.3 is 19.5 Å². The van der Waals surface area contributed by atoms with Crippen LogP contribution in [-0.2, 0) is 14.3 Å². The summed E-state index contributed by atoms with van der Waals surface area (Å²) < 4.78 is 41.4. The second-order valence-corrected chi connectivity index (χ2v) is 5.20. The predicted octanol–water partition coefficient (Wildman–Crippen LogP) is 3.18. The Morgan fingerprint density at radius 2 is 1.89 bits per heavy atom. The monoisotopic (exact) mass is 377 g/mol. The van der Waals surface area contributed by atoms with E-state index in [0.29, 0.717) is 23.1 Å². The van der Waals surface area contributed by atoms with Crippen molar-refractivity contribution >= 4 is 23.6 Å². The summed E-state index contributed by atoms with van der Waals surface area (Å²) in [5.41, 5.74) is 0.362. The smallest absolute Gasteiger partial charge is 0.331 e. The van der Waals surface area contributed by atoms with Gasteiger partial charge >= 0.3 is 5.97 Å². The number of ether oxygens (including phenoxy) is 3. The number of para-hydroxylation sites is 1. The molecule has 1 N–H and O–H groups in total. The maximum absolute atomic E-state index is 13.5. The van der Waals surface area contributed by atoms with Crippen molar-refractivity contribution in [3.05, 3.63) is 59.7 Å². The highest BCUT2D eigenvalue weighted by molar-refractivity contribution is 5.94. The van der Waals surface area contributed by atoms with Gasteiger partial charge in [0.2, 0.25) is 0 Å². The lowest BCUT2D eigenvalue weighted by Gasteiger charge is -2.09. The van der Waals surface area contributed by atoms with Gasteiger partial charge in [-0.3, -0.25) is 4.79 Å². The highest BCUT2D eigenvalue weighted by Crippen LogP contribution is 2.31. The Balaban J connectivity index is 1.92. The quantitative estimate of drug-likeness (QED) is 0.593. The Bertz CT molecular complexity index is 867. The Morgan fingerprint density at radius 3 is 2.56 bits per heavy atom. The molecule has 0 fully saturated rings. The fraction of sp³-hybridized carbons (Fsp3) is 0.158. The van der Waals surface area contributed by atoms with E-state index in [1.165, 1.54) is 20.3 Å². The van der Waals surface area contributed by atoms with Gasteiger partial charge in [0, 0.05) is 17.7 Å². The lowest BCUT2D eigenvalue weighted by molar-refractivity contribution is -0.142. The average Bonchev–Trinajstić information content (AvgIpc) is 2.66.